The Morgan fingerprint density at radius 3 is 2.46 bits per heavy atom. The van der Waals surface area contributed by atoms with Gasteiger partial charge in [0.25, 0.3) is 5.69 Å². The molecule has 0 aliphatic carbocycles. The molecule has 1 saturated heterocycles. The lowest BCUT2D eigenvalue weighted by atomic mass is 10.1. The molecule has 2 aromatic rings. The van der Waals surface area contributed by atoms with Crippen LogP contribution in [0.3, 0.4) is 0 Å². The van der Waals surface area contributed by atoms with Gasteiger partial charge in [-0.25, -0.2) is 4.79 Å². The maximum Gasteiger partial charge on any atom is 0.326 e. The van der Waals surface area contributed by atoms with Gasteiger partial charge in [0.05, 0.1) is 4.92 Å². The second kappa shape index (κ2) is 7.82. The number of nitro groups is 1. The van der Waals surface area contributed by atoms with Crippen molar-refractivity contribution in [2.45, 2.75) is 19.1 Å². The van der Waals surface area contributed by atoms with Crippen molar-refractivity contribution in [2.75, 3.05) is 24.5 Å². The number of non-ortho nitro benzene ring substituents is 1. The summed E-state index contributed by atoms with van der Waals surface area (Å²) >= 11 is 0. The second-order valence-corrected chi connectivity index (χ2v) is 6.99. The number of rotatable bonds is 5. The molecule has 2 aliphatic heterocycles. The molecule has 0 aromatic heterocycles. The number of anilines is 1. The molecule has 2 heterocycles. The van der Waals surface area contributed by atoms with Crippen LogP contribution >= 0.6 is 0 Å². The molecule has 1 atom stereocenters. The van der Waals surface area contributed by atoms with E-state index in [2.05, 4.69) is 29.2 Å². The van der Waals surface area contributed by atoms with Gasteiger partial charge >= 0.3 is 6.03 Å². The van der Waals surface area contributed by atoms with E-state index in [1.165, 1.54) is 17.7 Å². The second-order valence-electron chi connectivity index (χ2n) is 6.99. The number of urea groups is 1. The summed E-state index contributed by atoms with van der Waals surface area (Å²) < 4.78 is 0. The van der Waals surface area contributed by atoms with E-state index in [4.69, 9.17) is 0 Å². The molecule has 0 N–H and O–H groups in total. The topological polar surface area (TPSA) is 69.9 Å². The van der Waals surface area contributed by atoms with Crippen LogP contribution in [0.1, 0.15) is 12.0 Å². The van der Waals surface area contributed by atoms with Gasteiger partial charge in [0.15, 0.2) is 0 Å². The van der Waals surface area contributed by atoms with E-state index in [-0.39, 0.29) is 17.9 Å². The SMILES string of the molecule is O=C1N(c2ccc([N+](=O)[O-])cc2)CCN1C1C=CCCN1Cc1ccccc1. The van der Waals surface area contributed by atoms with Crippen molar-refractivity contribution in [3.63, 3.8) is 0 Å². The fourth-order valence-corrected chi connectivity index (χ4v) is 3.80. The van der Waals surface area contributed by atoms with Crippen molar-refractivity contribution in [1.82, 2.24) is 9.80 Å². The lowest BCUT2D eigenvalue weighted by Gasteiger charge is -2.37. The molecule has 0 bridgehead atoms. The molecule has 2 aliphatic rings. The standard InChI is InChI=1S/C21H22N4O3/c26-21-23(18-9-11-19(12-10-18)25(27)28)14-15-24(21)20-8-4-5-13-22(20)16-17-6-2-1-3-7-17/h1-4,6-12,20H,5,13-16H2. The third-order valence-corrected chi connectivity index (χ3v) is 5.23. The highest BCUT2D eigenvalue weighted by Crippen LogP contribution is 2.27. The number of benzene rings is 2. The van der Waals surface area contributed by atoms with E-state index >= 15 is 0 Å². The van der Waals surface area contributed by atoms with Crippen molar-refractivity contribution < 1.29 is 9.72 Å². The maximum atomic E-state index is 13.1. The Balaban J connectivity index is 1.50. The molecule has 2 aromatic carbocycles. The Labute approximate surface area is 163 Å². The molecule has 7 heteroatoms. The van der Waals surface area contributed by atoms with Gasteiger partial charge in [-0.05, 0) is 24.1 Å². The quantitative estimate of drug-likeness (QED) is 0.453. The van der Waals surface area contributed by atoms with Crippen molar-refractivity contribution in [2.24, 2.45) is 0 Å². The van der Waals surface area contributed by atoms with E-state index in [0.717, 1.165) is 19.5 Å². The minimum Gasteiger partial charge on any atom is -0.303 e. The van der Waals surface area contributed by atoms with E-state index in [0.29, 0.717) is 18.8 Å². The van der Waals surface area contributed by atoms with E-state index in [1.807, 2.05) is 23.1 Å². The summed E-state index contributed by atoms with van der Waals surface area (Å²) in [6, 6.07) is 16.3. The fourth-order valence-electron chi connectivity index (χ4n) is 3.80. The lowest BCUT2D eigenvalue weighted by molar-refractivity contribution is -0.384. The third kappa shape index (κ3) is 3.61. The minimum absolute atomic E-state index is 0.0245. The number of hydrogen-bond acceptors (Lipinski definition) is 4. The highest BCUT2D eigenvalue weighted by atomic mass is 16.6. The first-order valence-electron chi connectivity index (χ1n) is 9.41. The van der Waals surface area contributed by atoms with Crippen molar-refractivity contribution in [3.05, 3.63) is 82.4 Å². The number of carbonyl (C=O) groups excluding carboxylic acids is 1. The molecular formula is C21H22N4O3. The third-order valence-electron chi connectivity index (χ3n) is 5.23. The Morgan fingerprint density at radius 2 is 1.75 bits per heavy atom. The molecule has 0 spiro atoms. The largest absolute Gasteiger partial charge is 0.326 e. The van der Waals surface area contributed by atoms with Gasteiger partial charge in [-0.1, -0.05) is 42.5 Å². The summed E-state index contributed by atoms with van der Waals surface area (Å²) in [6.45, 7) is 2.88. The van der Waals surface area contributed by atoms with Crippen LogP contribution in [-0.4, -0.2) is 46.6 Å². The summed E-state index contributed by atoms with van der Waals surface area (Å²) in [7, 11) is 0. The molecule has 2 amide bonds. The fraction of sp³-hybridized carbons (Fsp3) is 0.286. The van der Waals surface area contributed by atoms with Gasteiger partial charge < -0.3 is 4.90 Å². The molecule has 1 unspecified atom stereocenters. The van der Waals surface area contributed by atoms with Crippen LogP contribution in [0.25, 0.3) is 0 Å². The Kier molecular flexibility index (Phi) is 5.08. The summed E-state index contributed by atoms with van der Waals surface area (Å²) in [4.78, 5) is 29.4. The molecule has 1 fully saturated rings. The molecule has 0 radical (unpaired) electrons. The van der Waals surface area contributed by atoms with Crippen LogP contribution in [0.4, 0.5) is 16.2 Å². The summed E-state index contributed by atoms with van der Waals surface area (Å²) in [6.07, 6.45) is 5.12. The highest BCUT2D eigenvalue weighted by Gasteiger charge is 2.36. The van der Waals surface area contributed by atoms with Crippen molar-refractivity contribution >= 4 is 17.4 Å². The molecule has 7 nitrogen and oxygen atoms in total. The van der Waals surface area contributed by atoms with Crippen molar-refractivity contribution in [1.29, 1.82) is 0 Å². The van der Waals surface area contributed by atoms with Gasteiger partial charge in [0.1, 0.15) is 6.17 Å². The Bertz CT molecular complexity index is 882. The zero-order chi connectivity index (χ0) is 19.5. The molecule has 0 saturated carbocycles. The highest BCUT2D eigenvalue weighted by molar-refractivity contribution is 5.94. The lowest BCUT2D eigenvalue weighted by Crippen LogP contribution is -2.50. The first-order valence-corrected chi connectivity index (χ1v) is 9.41. The molecule has 144 valence electrons. The minimum atomic E-state index is -0.434. The van der Waals surface area contributed by atoms with Gasteiger partial charge in [0.2, 0.25) is 0 Å². The summed E-state index contributed by atoms with van der Waals surface area (Å²) in [5, 5.41) is 10.8. The van der Waals surface area contributed by atoms with Crippen LogP contribution in [0, 0.1) is 10.1 Å². The van der Waals surface area contributed by atoms with Crippen molar-refractivity contribution in [3.8, 4) is 0 Å². The van der Waals surface area contributed by atoms with Crippen LogP contribution < -0.4 is 4.90 Å². The number of amides is 2. The average Bonchev–Trinajstić information content (AvgIpc) is 3.10. The Hall–Kier alpha value is -3.19. The Morgan fingerprint density at radius 1 is 1.00 bits per heavy atom. The smallest absolute Gasteiger partial charge is 0.303 e. The van der Waals surface area contributed by atoms with Crippen LogP contribution in [0.5, 0.6) is 0 Å². The van der Waals surface area contributed by atoms with Crippen LogP contribution in [-0.2, 0) is 6.54 Å². The molecular weight excluding hydrogens is 356 g/mol. The van der Waals surface area contributed by atoms with Gasteiger partial charge in [-0.3, -0.25) is 19.9 Å². The van der Waals surface area contributed by atoms with Crippen LogP contribution in [0.15, 0.2) is 66.7 Å². The van der Waals surface area contributed by atoms with E-state index < -0.39 is 4.92 Å². The maximum absolute atomic E-state index is 13.1. The van der Waals surface area contributed by atoms with E-state index in [9.17, 15) is 14.9 Å². The van der Waals surface area contributed by atoms with Crippen LogP contribution in [0.2, 0.25) is 0 Å². The molecule has 28 heavy (non-hydrogen) atoms. The zero-order valence-electron chi connectivity index (χ0n) is 15.5. The number of nitrogens with zero attached hydrogens (tertiary/aromatic N) is 4. The van der Waals surface area contributed by atoms with Gasteiger partial charge in [-0.2, -0.15) is 0 Å². The number of hydrogen-bond donors (Lipinski definition) is 0. The number of carbonyl (C=O) groups is 1. The van der Waals surface area contributed by atoms with E-state index in [1.54, 1.807) is 17.0 Å². The number of nitro benzene ring substituents is 1. The monoisotopic (exact) mass is 378 g/mol. The first kappa shape index (κ1) is 18.2. The molecule has 4 rings (SSSR count). The van der Waals surface area contributed by atoms with Gasteiger partial charge in [0, 0.05) is 44.0 Å². The first-order chi connectivity index (χ1) is 13.6. The average molecular weight is 378 g/mol. The summed E-state index contributed by atoms with van der Waals surface area (Å²) in [5.41, 5.74) is 1.94. The van der Waals surface area contributed by atoms with Gasteiger partial charge in [-0.15, -0.1) is 0 Å². The predicted octanol–water partition coefficient (Wildman–Crippen LogP) is 3.63. The normalized spacial score (nSPS) is 20.0. The summed E-state index contributed by atoms with van der Waals surface area (Å²) in [5.74, 6) is 0. The predicted molar refractivity (Wildman–Crippen MR) is 107 cm³/mol. The zero-order valence-corrected chi connectivity index (χ0v) is 15.5.